The molecule has 0 saturated carbocycles. The number of benzene rings is 3. The van der Waals surface area contributed by atoms with E-state index >= 15 is 0 Å². The van der Waals surface area contributed by atoms with Crippen molar-refractivity contribution in [2.75, 3.05) is 5.75 Å². The fourth-order valence-corrected chi connectivity index (χ4v) is 4.47. The predicted molar refractivity (Wildman–Crippen MR) is 147 cm³/mol. The quantitative estimate of drug-likeness (QED) is 0.210. The first kappa shape index (κ1) is 26.8. The average Bonchev–Trinajstić information content (AvgIpc) is 3.31. The van der Waals surface area contributed by atoms with Crippen molar-refractivity contribution in [3.63, 3.8) is 0 Å². The Balaban J connectivity index is 1.54. The van der Waals surface area contributed by atoms with Crippen LogP contribution < -0.4 is 10.5 Å². The highest BCUT2D eigenvalue weighted by atomic mass is 32.2. The molecule has 4 rings (SSSR count). The number of aromatic nitrogens is 3. The van der Waals surface area contributed by atoms with Crippen LogP contribution in [-0.2, 0) is 10.2 Å². The van der Waals surface area contributed by atoms with Crippen LogP contribution in [0, 0.1) is 6.92 Å². The van der Waals surface area contributed by atoms with Gasteiger partial charge < -0.3 is 9.90 Å². The van der Waals surface area contributed by atoms with Crippen LogP contribution in [0.25, 0.3) is 17.1 Å². The maximum Gasteiger partial charge on any atom is 0.250 e. The van der Waals surface area contributed by atoms with Gasteiger partial charge in [0.2, 0.25) is 0 Å². The molecule has 1 heterocycles. The summed E-state index contributed by atoms with van der Waals surface area (Å²) in [6.45, 7) is 8.53. The molecule has 0 radical (unpaired) electrons. The lowest BCUT2D eigenvalue weighted by Crippen LogP contribution is -2.24. The third-order valence-electron chi connectivity index (χ3n) is 5.84. The summed E-state index contributed by atoms with van der Waals surface area (Å²) in [4.78, 5) is 23.7. The summed E-state index contributed by atoms with van der Waals surface area (Å²) >= 11 is 1.23. The lowest BCUT2D eigenvalue weighted by molar-refractivity contribution is -0.255. The molecule has 194 valence electrons. The van der Waals surface area contributed by atoms with Crippen molar-refractivity contribution in [3.8, 4) is 17.1 Å². The molecule has 0 fully saturated rings. The zero-order valence-corrected chi connectivity index (χ0v) is 22.5. The van der Waals surface area contributed by atoms with E-state index < -0.39 is 5.97 Å². The Kier molecular flexibility index (Phi) is 8.07. The number of thioether (sulfide) groups is 1. The van der Waals surface area contributed by atoms with E-state index in [9.17, 15) is 14.7 Å². The second-order valence-corrected chi connectivity index (χ2v) is 10.7. The smallest absolute Gasteiger partial charge is 0.250 e. The lowest BCUT2D eigenvalue weighted by Gasteiger charge is -2.19. The molecule has 0 spiro atoms. The summed E-state index contributed by atoms with van der Waals surface area (Å²) < 4.78 is 1.93. The van der Waals surface area contributed by atoms with Crippen molar-refractivity contribution in [2.24, 2.45) is 5.10 Å². The first-order valence-corrected chi connectivity index (χ1v) is 13.0. The first-order valence-electron chi connectivity index (χ1n) is 12.0. The van der Waals surface area contributed by atoms with E-state index in [-0.39, 0.29) is 22.6 Å². The molecule has 8 nitrogen and oxygen atoms in total. The fourth-order valence-electron chi connectivity index (χ4n) is 3.73. The van der Waals surface area contributed by atoms with Crippen molar-refractivity contribution in [1.29, 1.82) is 0 Å². The number of nitrogens with one attached hydrogen (secondary N) is 1. The van der Waals surface area contributed by atoms with Gasteiger partial charge in [-0.05, 0) is 30.0 Å². The molecular formula is C29H28N5O3S-. The van der Waals surface area contributed by atoms with Crippen molar-refractivity contribution < 1.29 is 14.7 Å². The van der Waals surface area contributed by atoms with Gasteiger partial charge in [0.25, 0.3) is 5.91 Å². The van der Waals surface area contributed by atoms with Crippen LogP contribution in [0.5, 0.6) is 0 Å². The molecule has 3 aromatic carbocycles. The Morgan fingerprint density at radius 2 is 1.68 bits per heavy atom. The van der Waals surface area contributed by atoms with Crippen molar-refractivity contribution >= 4 is 29.9 Å². The van der Waals surface area contributed by atoms with Gasteiger partial charge in [-0.25, -0.2) is 5.43 Å². The number of carboxylic acids is 1. The van der Waals surface area contributed by atoms with Crippen LogP contribution in [0.1, 0.15) is 47.8 Å². The van der Waals surface area contributed by atoms with Gasteiger partial charge in [0.05, 0.1) is 17.9 Å². The summed E-state index contributed by atoms with van der Waals surface area (Å²) in [7, 11) is 0. The third kappa shape index (κ3) is 6.36. The lowest BCUT2D eigenvalue weighted by atomic mass is 9.87. The second kappa shape index (κ2) is 11.4. The zero-order chi connectivity index (χ0) is 27.3. The van der Waals surface area contributed by atoms with Gasteiger partial charge in [0, 0.05) is 22.4 Å². The van der Waals surface area contributed by atoms with E-state index in [1.165, 1.54) is 29.6 Å². The molecule has 0 aliphatic carbocycles. The molecular weight excluding hydrogens is 498 g/mol. The molecule has 4 aromatic rings. The van der Waals surface area contributed by atoms with Gasteiger partial charge in [0.15, 0.2) is 11.0 Å². The van der Waals surface area contributed by atoms with Crippen molar-refractivity contribution in [2.45, 2.75) is 38.3 Å². The number of amides is 1. The van der Waals surface area contributed by atoms with Gasteiger partial charge in [-0.2, -0.15) is 5.10 Å². The molecule has 1 aromatic heterocycles. The number of carbonyl (C=O) groups excluding carboxylic acids is 2. The standard InChI is InChI=1S/C29H29N5O3S/c1-19-9-15-23(16-10-19)34-26(20-11-13-22(14-12-20)29(2,3)4)32-33-28(34)38-18-25(35)31-30-17-21-7-5-6-8-24(21)27(36)37/h5-17H,18H2,1-4H3,(H,31,35)(H,36,37)/p-1. The summed E-state index contributed by atoms with van der Waals surface area (Å²) in [5.41, 5.74) is 6.94. The Hall–Kier alpha value is -4.24. The third-order valence-corrected chi connectivity index (χ3v) is 6.77. The first-order chi connectivity index (χ1) is 18.1. The SMILES string of the molecule is Cc1ccc(-n2c(SCC(=O)NN=Cc3ccccc3C(=O)[O-])nnc2-c2ccc(C(C)(C)C)cc2)cc1. The summed E-state index contributed by atoms with van der Waals surface area (Å²) in [6, 6.07) is 22.6. The maximum atomic E-state index is 12.5. The van der Waals surface area contributed by atoms with E-state index in [1.807, 2.05) is 47.9 Å². The van der Waals surface area contributed by atoms with Crippen LogP contribution in [-0.4, -0.2) is 38.6 Å². The fraction of sp³-hybridized carbons (Fsp3) is 0.207. The predicted octanol–water partition coefficient (Wildman–Crippen LogP) is 4.15. The van der Waals surface area contributed by atoms with E-state index in [1.54, 1.807) is 18.2 Å². The Morgan fingerprint density at radius 3 is 2.34 bits per heavy atom. The van der Waals surface area contributed by atoms with E-state index in [2.05, 4.69) is 53.6 Å². The Bertz CT molecular complexity index is 1470. The number of carboxylic acid groups (broad SMARTS) is 1. The number of hydrogen-bond donors (Lipinski definition) is 1. The Morgan fingerprint density at radius 1 is 1.00 bits per heavy atom. The minimum absolute atomic E-state index is 0.00543. The van der Waals surface area contributed by atoms with Crippen LogP contribution in [0.2, 0.25) is 0 Å². The highest BCUT2D eigenvalue weighted by Crippen LogP contribution is 2.30. The van der Waals surface area contributed by atoms with Crippen LogP contribution >= 0.6 is 11.8 Å². The van der Waals surface area contributed by atoms with Gasteiger partial charge in [-0.1, -0.05) is 98.8 Å². The summed E-state index contributed by atoms with van der Waals surface area (Å²) in [5, 5.41) is 24.5. The molecule has 1 N–H and O–H groups in total. The van der Waals surface area contributed by atoms with Crippen LogP contribution in [0.15, 0.2) is 83.1 Å². The number of carbonyl (C=O) groups is 2. The van der Waals surface area contributed by atoms with E-state index in [0.29, 0.717) is 16.5 Å². The topological polar surface area (TPSA) is 112 Å². The number of rotatable bonds is 8. The molecule has 9 heteroatoms. The van der Waals surface area contributed by atoms with Gasteiger partial charge >= 0.3 is 0 Å². The molecule has 38 heavy (non-hydrogen) atoms. The van der Waals surface area contributed by atoms with Crippen LogP contribution in [0.3, 0.4) is 0 Å². The molecule has 1 amide bonds. The summed E-state index contributed by atoms with van der Waals surface area (Å²) in [6.07, 6.45) is 1.28. The number of aryl methyl sites for hydroxylation is 1. The number of hydrogen-bond acceptors (Lipinski definition) is 7. The molecule has 0 aliphatic heterocycles. The highest BCUT2D eigenvalue weighted by molar-refractivity contribution is 7.99. The minimum atomic E-state index is -1.31. The number of aromatic carboxylic acids is 1. The average molecular weight is 527 g/mol. The second-order valence-electron chi connectivity index (χ2n) is 9.76. The highest BCUT2D eigenvalue weighted by Gasteiger charge is 2.19. The van der Waals surface area contributed by atoms with Gasteiger partial charge in [-0.3, -0.25) is 9.36 Å². The minimum Gasteiger partial charge on any atom is -0.545 e. The monoisotopic (exact) mass is 526 g/mol. The number of nitrogens with zero attached hydrogens (tertiary/aromatic N) is 4. The van der Waals surface area contributed by atoms with E-state index in [4.69, 9.17) is 0 Å². The van der Waals surface area contributed by atoms with Gasteiger partial charge in [0.1, 0.15) is 0 Å². The molecule has 0 atom stereocenters. The van der Waals surface area contributed by atoms with Crippen molar-refractivity contribution in [3.05, 3.63) is 95.1 Å². The van der Waals surface area contributed by atoms with Crippen LogP contribution in [0.4, 0.5) is 0 Å². The largest absolute Gasteiger partial charge is 0.545 e. The van der Waals surface area contributed by atoms with Crippen molar-refractivity contribution in [1.82, 2.24) is 20.2 Å². The maximum absolute atomic E-state index is 12.5. The van der Waals surface area contributed by atoms with E-state index in [0.717, 1.165) is 16.8 Å². The van der Waals surface area contributed by atoms with Gasteiger partial charge in [-0.15, -0.1) is 10.2 Å². The summed E-state index contributed by atoms with van der Waals surface area (Å²) in [5.74, 6) is -0.971. The zero-order valence-electron chi connectivity index (χ0n) is 21.6. The molecule has 0 bridgehead atoms. The normalized spacial score (nSPS) is 11.6. The molecule has 0 aliphatic rings. The number of hydrazone groups is 1. The molecule has 0 unspecified atom stereocenters. The Labute approximate surface area is 225 Å². The molecule has 0 saturated heterocycles.